The van der Waals surface area contributed by atoms with Crippen molar-refractivity contribution in [2.45, 2.75) is 46.6 Å². The molecule has 126 valence electrons. The number of hydrogen-bond donors (Lipinski definition) is 1. The SMILES string of the molecule is CCOC(=O)CN(C)/C(=N\C(=O)OC(C)(C)C)NC(=O)CC. The van der Waals surface area contributed by atoms with Gasteiger partial charge in [0, 0.05) is 13.5 Å². The maximum absolute atomic E-state index is 11.8. The smallest absolute Gasteiger partial charge is 0.437 e. The molecule has 1 N–H and O–H groups in total. The average Bonchev–Trinajstić information content (AvgIpc) is 2.35. The van der Waals surface area contributed by atoms with Crippen molar-refractivity contribution in [2.75, 3.05) is 20.2 Å². The highest BCUT2D eigenvalue weighted by Gasteiger charge is 2.19. The van der Waals surface area contributed by atoms with Crippen LogP contribution in [0.25, 0.3) is 0 Å². The number of likely N-dealkylation sites (N-methyl/N-ethyl adjacent to an activating group) is 1. The number of carbonyl (C=O) groups is 3. The van der Waals surface area contributed by atoms with E-state index in [1.165, 1.54) is 11.9 Å². The van der Waals surface area contributed by atoms with Crippen LogP contribution in [0.2, 0.25) is 0 Å². The summed E-state index contributed by atoms with van der Waals surface area (Å²) in [5.74, 6) is -0.889. The van der Waals surface area contributed by atoms with Gasteiger partial charge in [-0.1, -0.05) is 6.92 Å². The van der Waals surface area contributed by atoms with E-state index in [2.05, 4.69) is 10.3 Å². The van der Waals surface area contributed by atoms with Crippen LogP contribution in [0, 0.1) is 0 Å². The van der Waals surface area contributed by atoms with Crippen LogP contribution in [0.3, 0.4) is 0 Å². The first-order valence-corrected chi connectivity index (χ1v) is 7.07. The first-order chi connectivity index (χ1) is 10.1. The van der Waals surface area contributed by atoms with Crippen LogP contribution in [0.15, 0.2) is 4.99 Å². The number of rotatable bonds is 4. The number of nitrogens with one attached hydrogen (secondary N) is 1. The van der Waals surface area contributed by atoms with Gasteiger partial charge in [0.15, 0.2) is 0 Å². The fourth-order valence-electron chi connectivity index (χ4n) is 1.27. The van der Waals surface area contributed by atoms with E-state index in [-0.39, 0.29) is 31.4 Å². The lowest BCUT2D eigenvalue weighted by molar-refractivity contribution is -0.143. The van der Waals surface area contributed by atoms with Crippen LogP contribution in [0.1, 0.15) is 41.0 Å². The van der Waals surface area contributed by atoms with Gasteiger partial charge in [-0.15, -0.1) is 4.99 Å². The van der Waals surface area contributed by atoms with Crippen LogP contribution >= 0.6 is 0 Å². The van der Waals surface area contributed by atoms with E-state index < -0.39 is 17.7 Å². The molecule has 0 fully saturated rings. The number of aliphatic imine (C=N–C) groups is 1. The molecule has 0 aliphatic carbocycles. The number of carbonyl (C=O) groups excluding carboxylic acids is 3. The first-order valence-electron chi connectivity index (χ1n) is 7.07. The van der Waals surface area contributed by atoms with Gasteiger partial charge in [-0.25, -0.2) is 4.79 Å². The molecular formula is C14H25N3O5. The van der Waals surface area contributed by atoms with E-state index in [4.69, 9.17) is 9.47 Å². The largest absolute Gasteiger partial charge is 0.465 e. The highest BCUT2D eigenvalue weighted by Crippen LogP contribution is 2.08. The van der Waals surface area contributed by atoms with Crippen molar-refractivity contribution >= 4 is 23.9 Å². The maximum atomic E-state index is 11.8. The number of hydrogen-bond acceptors (Lipinski definition) is 5. The van der Waals surface area contributed by atoms with E-state index in [1.54, 1.807) is 34.6 Å². The van der Waals surface area contributed by atoms with E-state index in [0.717, 1.165) is 0 Å². The molecule has 22 heavy (non-hydrogen) atoms. The normalized spacial score (nSPS) is 11.6. The molecule has 0 aromatic carbocycles. The van der Waals surface area contributed by atoms with Crippen LogP contribution in [-0.4, -0.2) is 54.6 Å². The predicted molar refractivity (Wildman–Crippen MR) is 81.4 cm³/mol. The van der Waals surface area contributed by atoms with Gasteiger partial charge < -0.3 is 14.4 Å². The molecule has 0 bridgehead atoms. The Morgan fingerprint density at radius 3 is 2.23 bits per heavy atom. The molecule has 0 spiro atoms. The van der Waals surface area contributed by atoms with Gasteiger partial charge in [0.1, 0.15) is 12.1 Å². The van der Waals surface area contributed by atoms with E-state index >= 15 is 0 Å². The third kappa shape index (κ3) is 8.93. The van der Waals surface area contributed by atoms with Crippen LogP contribution < -0.4 is 5.32 Å². The molecule has 0 heterocycles. The Morgan fingerprint density at radius 2 is 1.77 bits per heavy atom. The summed E-state index contributed by atoms with van der Waals surface area (Å²) in [6.07, 6.45) is -0.643. The molecule has 2 amide bonds. The summed E-state index contributed by atoms with van der Waals surface area (Å²) in [4.78, 5) is 39.8. The third-order valence-electron chi connectivity index (χ3n) is 2.20. The summed E-state index contributed by atoms with van der Waals surface area (Å²) in [5, 5.41) is 2.46. The Labute approximate surface area is 130 Å². The van der Waals surface area contributed by atoms with Gasteiger partial charge in [0.05, 0.1) is 6.61 Å². The van der Waals surface area contributed by atoms with Crippen LogP contribution in [-0.2, 0) is 19.1 Å². The zero-order valence-electron chi connectivity index (χ0n) is 14.1. The van der Waals surface area contributed by atoms with E-state index in [0.29, 0.717) is 0 Å². The Balaban J connectivity index is 5.06. The molecule has 0 aromatic heterocycles. The van der Waals surface area contributed by atoms with E-state index in [1.807, 2.05) is 0 Å². The third-order valence-corrected chi connectivity index (χ3v) is 2.20. The molecule has 0 saturated heterocycles. The minimum absolute atomic E-state index is 0.0610. The van der Waals surface area contributed by atoms with Gasteiger partial charge in [-0.05, 0) is 27.7 Å². The van der Waals surface area contributed by atoms with Crippen molar-refractivity contribution in [2.24, 2.45) is 4.99 Å². The Morgan fingerprint density at radius 1 is 1.18 bits per heavy atom. The van der Waals surface area contributed by atoms with Crippen molar-refractivity contribution in [3.8, 4) is 0 Å². The lowest BCUT2D eigenvalue weighted by atomic mass is 10.2. The summed E-state index contributed by atoms with van der Waals surface area (Å²) >= 11 is 0. The van der Waals surface area contributed by atoms with Crippen molar-refractivity contribution in [1.29, 1.82) is 0 Å². The van der Waals surface area contributed by atoms with Crippen molar-refractivity contribution in [3.05, 3.63) is 0 Å². The Hall–Kier alpha value is -2.12. The predicted octanol–water partition coefficient (Wildman–Crippen LogP) is 1.30. The molecule has 8 heteroatoms. The molecule has 0 aliphatic heterocycles. The van der Waals surface area contributed by atoms with Crippen LogP contribution in [0.5, 0.6) is 0 Å². The monoisotopic (exact) mass is 315 g/mol. The van der Waals surface area contributed by atoms with Crippen molar-refractivity contribution in [3.63, 3.8) is 0 Å². The number of amides is 2. The quantitative estimate of drug-likeness (QED) is 0.477. The van der Waals surface area contributed by atoms with Gasteiger partial charge in [-0.2, -0.15) is 0 Å². The molecule has 0 aromatic rings. The number of ether oxygens (including phenoxy) is 2. The van der Waals surface area contributed by atoms with Gasteiger partial charge in [0.25, 0.3) is 0 Å². The van der Waals surface area contributed by atoms with Crippen molar-refractivity contribution in [1.82, 2.24) is 10.2 Å². The summed E-state index contributed by atoms with van der Waals surface area (Å²) < 4.78 is 9.88. The molecule has 8 nitrogen and oxygen atoms in total. The second-order valence-electron chi connectivity index (χ2n) is 5.48. The van der Waals surface area contributed by atoms with Crippen molar-refractivity contribution < 1.29 is 23.9 Å². The van der Waals surface area contributed by atoms with Gasteiger partial charge in [-0.3, -0.25) is 14.9 Å². The minimum Gasteiger partial charge on any atom is -0.465 e. The maximum Gasteiger partial charge on any atom is 0.437 e. The summed E-state index contributed by atoms with van der Waals surface area (Å²) in [6, 6.07) is 0. The fraction of sp³-hybridized carbons (Fsp3) is 0.714. The minimum atomic E-state index is -0.852. The zero-order chi connectivity index (χ0) is 17.3. The van der Waals surface area contributed by atoms with Gasteiger partial charge in [0.2, 0.25) is 11.9 Å². The highest BCUT2D eigenvalue weighted by atomic mass is 16.6. The van der Waals surface area contributed by atoms with Gasteiger partial charge >= 0.3 is 12.1 Å². The molecule has 0 rings (SSSR count). The number of nitrogens with zero attached hydrogens (tertiary/aromatic N) is 2. The summed E-state index contributed by atoms with van der Waals surface area (Å²) in [5.41, 5.74) is -0.708. The molecular weight excluding hydrogens is 290 g/mol. The Kier molecular flexibility index (Phi) is 8.14. The lowest BCUT2D eigenvalue weighted by Gasteiger charge is -2.22. The second-order valence-corrected chi connectivity index (χ2v) is 5.48. The summed E-state index contributed by atoms with van der Waals surface area (Å²) in [7, 11) is 1.51. The second kappa shape index (κ2) is 9.01. The standard InChI is InChI=1S/C14H25N3O5/c1-7-10(18)15-12(16-13(20)22-14(3,4)5)17(6)9-11(19)21-8-2/h7-9H2,1-6H3,(H,15,16,18,20). The molecule has 0 unspecified atom stereocenters. The fourth-order valence-corrected chi connectivity index (χ4v) is 1.27. The first kappa shape index (κ1) is 19.9. The summed E-state index contributed by atoms with van der Waals surface area (Å²) in [6.45, 7) is 8.54. The molecule has 0 saturated carbocycles. The molecule has 0 atom stereocenters. The topological polar surface area (TPSA) is 97.3 Å². The molecule has 0 radical (unpaired) electrons. The van der Waals surface area contributed by atoms with Crippen LogP contribution in [0.4, 0.5) is 4.79 Å². The molecule has 0 aliphatic rings. The highest BCUT2D eigenvalue weighted by molar-refractivity contribution is 6.01. The number of guanidine groups is 1. The Bertz CT molecular complexity index is 440. The number of esters is 1. The van der Waals surface area contributed by atoms with E-state index in [9.17, 15) is 14.4 Å². The zero-order valence-corrected chi connectivity index (χ0v) is 14.1. The lowest BCUT2D eigenvalue weighted by Crippen LogP contribution is -2.45. The average molecular weight is 315 g/mol.